The molecular formula is C9H9ClF3NO2S. The predicted octanol–water partition coefficient (Wildman–Crippen LogP) is 1.85. The fourth-order valence-electron chi connectivity index (χ4n) is 1.11. The van der Waals surface area contributed by atoms with Crippen molar-refractivity contribution in [3.05, 3.63) is 22.4 Å². The molecule has 1 rings (SSSR count). The van der Waals surface area contributed by atoms with Gasteiger partial charge in [0.2, 0.25) is 11.5 Å². The second kappa shape index (κ2) is 5.24. The molecule has 17 heavy (non-hydrogen) atoms. The van der Waals surface area contributed by atoms with E-state index in [9.17, 15) is 23.1 Å². The molecule has 0 saturated heterocycles. The first kappa shape index (κ1) is 14.3. The van der Waals surface area contributed by atoms with Crippen LogP contribution in [0.15, 0.2) is 17.5 Å². The molecule has 0 saturated carbocycles. The highest BCUT2D eigenvalue weighted by Gasteiger charge is 2.55. The van der Waals surface area contributed by atoms with Crippen LogP contribution in [0, 0.1) is 0 Å². The van der Waals surface area contributed by atoms with Crippen molar-refractivity contribution in [2.45, 2.75) is 11.8 Å². The lowest BCUT2D eigenvalue weighted by atomic mass is 10.0. The van der Waals surface area contributed by atoms with Gasteiger partial charge in [0.15, 0.2) is 0 Å². The molecular weight excluding hydrogens is 279 g/mol. The molecule has 1 aromatic rings. The van der Waals surface area contributed by atoms with Crippen LogP contribution in [0.3, 0.4) is 0 Å². The summed E-state index contributed by atoms with van der Waals surface area (Å²) in [6.07, 6.45) is -4.88. The third-order valence-electron chi connectivity index (χ3n) is 2.06. The minimum absolute atomic E-state index is 0.278. The Morgan fingerprint density at radius 3 is 2.59 bits per heavy atom. The average Bonchev–Trinajstić information content (AvgIpc) is 2.77. The lowest BCUT2D eigenvalue weighted by Gasteiger charge is -2.29. The van der Waals surface area contributed by atoms with Crippen molar-refractivity contribution >= 4 is 28.8 Å². The standard InChI is InChI=1S/C9H9ClF3NO2S/c10-4-7(15)14-5-8(16,9(11,12)13)6-2-1-3-17-6/h1-3,16H,4-5H2,(H,14,15). The van der Waals surface area contributed by atoms with Crippen molar-refractivity contribution in [1.29, 1.82) is 0 Å². The zero-order chi connectivity index (χ0) is 13.1. The van der Waals surface area contributed by atoms with Gasteiger partial charge >= 0.3 is 6.18 Å². The summed E-state index contributed by atoms with van der Waals surface area (Å²) in [4.78, 5) is 10.6. The highest BCUT2D eigenvalue weighted by molar-refractivity contribution is 7.10. The first-order valence-corrected chi connectivity index (χ1v) is 5.88. The summed E-state index contributed by atoms with van der Waals surface area (Å²) < 4.78 is 38.4. The van der Waals surface area contributed by atoms with Gasteiger partial charge in [0.1, 0.15) is 5.88 Å². The van der Waals surface area contributed by atoms with E-state index in [4.69, 9.17) is 11.6 Å². The fraction of sp³-hybridized carbons (Fsp3) is 0.444. The van der Waals surface area contributed by atoms with E-state index in [2.05, 4.69) is 0 Å². The van der Waals surface area contributed by atoms with Crippen LogP contribution in [0.4, 0.5) is 13.2 Å². The van der Waals surface area contributed by atoms with E-state index in [1.54, 1.807) is 0 Å². The number of aliphatic hydroxyl groups is 1. The van der Waals surface area contributed by atoms with Gasteiger partial charge in [-0.15, -0.1) is 22.9 Å². The van der Waals surface area contributed by atoms with E-state index < -0.39 is 30.1 Å². The molecule has 0 fully saturated rings. The maximum atomic E-state index is 12.8. The Morgan fingerprint density at radius 2 is 2.18 bits per heavy atom. The van der Waals surface area contributed by atoms with Gasteiger partial charge in [-0.25, -0.2) is 0 Å². The zero-order valence-corrected chi connectivity index (χ0v) is 9.99. The quantitative estimate of drug-likeness (QED) is 0.831. The number of thiophene rings is 1. The van der Waals surface area contributed by atoms with E-state index >= 15 is 0 Å². The fourth-order valence-corrected chi connectivity index (χ4v) is 2.05. The Balaban J connectivity index is 2.92. The zero-order valence-electron chi connectivity index (χ0n) is 8.42. The molecule has 0 radical (unpaired) electrons. The molecule has 96 valence electrons. The number of amides is 1. The number of nitrogens with one attached hydrogen (secondary N) is 1. The van der Waals surface area contributed by atoms with E-state index in [0.29, 0.717) is 0 Å². The van der Waals surface area contributed by atoms with Crippen molar-refractivity contribution in [1.82, 2.24) is 5.32 Å². The molecule has 0 bridgehead atoms. The number of carbonyl (C=O) groups excluding carboxylic acids is 1. The summed E-state index contributed by atoms with van der Waals surface area (Å²) in [5.41, 5.74) is -3.08. The van der Waals surface area contributed by atoms with Gasteiger partial charge in [0.05, 0.1) is 6.54 Å². The van der Waals surface area contributed by atoms with E-state index in [0.717, 1.165) is 17.4 Å². The third kappa shape index (κ3) is 3.11. The lowest BCUT2D eigenvalue weighted by molar-refractivity contribution is -0.262. The van der Waals surface area contributed by atoms with Gasteiger partial charge in [-0.2, -0.15) is 13.2 Å². The maximum absolute atomic E-state index is 12.8. The maximum Gasteiger partial charge on any atom is 0.424 e. The van der Waals surface area contributed by atoms with Crippen LogP contribution in [0.1, 0.15) is 4.88 Å². The van der Waals surface area contributed by atoms with Gasteiger partial charge in [-0.1, -0.05) is 6.07 Å². The lowest BCUT2D eigenvalue weighted by Crippen LogP contribution is -2.50. The van der Waals surface area contributed by atoms with Crippen molar-refractivity contribution in [2.24, 2.45) is 0 Å². The molecule has 1 unspecified atom stereocenters. The van der Waals surface area contributed by atoms with E-state index in [1.807, 2.05) is 5.32 Å². The molecule has 0 spiro atoms. The van der Waals surface area contributed by atoms with Crippen LogP contribution in [-0.4, -0.2) is 29.6 Å². The molecule has 1 heterocycles. The molecule has 0 aliphatic rings. The Bertz CT molecular complexity index is 382. The molecule has 1 aromatic heterocycles. The number of halogens is 4. The van der Waals surface area contributed by atoms with Crippen LogP contribution in [0.2, 0.25) is 0 Å². The summed E-state index contributed by atoms with van der Waals surface area (Å²) in [5, 5.41) is 13.0. The van der Waals surface area contributed by atoms with Gasteiger partial charge in [-0.3, -0.25) is 4.79 Å². The molecule has 0 aliphatic heterocycles. The second-order valence-electron chi connectivity index (χ2n) is 3.25. The Hall–Kier alpha value is -0.790. The second-order valence-corrected chi connectivity index (χ2v) is 4.46. The van der Waals surface area contributed by atoms with Crippen LogP contribution < -0.4 is 5.32 Å². The van der Waals surface area contributed by atoms with Crippen molar-refractivity contribution in [3.63, 3.8) is 0 Å². The highest BCUT2D eigenvalue weighted by atomic mass is 35.5. The smallest absolute Gasteiger partial charge is 0.374 e. The summed E-state index contributed by atoms with van der Waals surface area (Å²) in [6, 6.07) is 2.55. The first-order valence-electron chi connectivity index (χ1n) is 4.47. The summed E-state index contributed by atoms with van der Waals surface area (Å²) in [6.45, 7) is -0.956. The number of hydrogen-bond acceptors (Lipinski definition) is 3. The topological polar surface area (TPSA) is 49.3 Å². The Kier molecular flexibility index (Phi) is 4.40. The van der Waals surface area contributed by atoms with Crippen molar-refractivity contribution in [2.75, 3.05) is 12.4 Å². The minimum Gasteiger partial charge on any atom is -0.374 e. The van der Waals surface area contributed by atoms with E-state index in [-0.39, 0.29) is 4.88 Å². The molecule has 1 amide bonds. The minimum atomic E-state index is -4.88. The summed E-state index contributed by atoms with van der Waals surface area (Å²) in [7, 11) is 0. The summed E-state index contributed by atoms with van der Waals surface area (Å²) in [5.74, 6) is -1.23. The molecule has 1 atom stereocenters. The largest absolute Gasteiger partial charge is 0.424 e. The highest BCUT2D eigenvalue weighted by Crippen LogP contribution is 2.40. The van der Waals surface area contributed by atoms with Crippen LogP contribution >= 0.6 is 22.9 Å². The average molecular weight is 288 g/mol. The molecule has 8 heteroatoms. The van der Waals surface area contributed by atoms with Gasteiger partial charge in [-0.05, 0) is 11.4 Å². The molecule has 0 aromatic carbocycles. The molecule has 3 nitrogen and oxygen atoms in total. The number of carbonyl (C=O) groups is 1. The first-order chi connectivity index (χ1) is 7.81. The van der Waals surface area contributed by atoms with Gasteiger partial charge in [0.25, 0.3) is 0 Å². The third-order valence-corrected chi connectivity index (χ3v) is 3.32. The number of rotatable bonds is 4. The normalized spacial score (nSPS) is 15.4. The predicted molar refractivity (Wildman–Crippen MR) is 58.0 cm³/mol. The number of alkyl halides is 4. The van der Waals surface area contributed by atoms with Crippen LogP contribution in [-0.2, 0) is 10.4 Å². The number of hydrogen-bond donors (Lipinski definition) is 2. The van der Waals surface area contributed by atoms with E-state index in [1.165, 1.54) is 11.4 Å². The van der Waals surface area contributed by atoms with Crippen LogP contribution in [0.5, 0.6) is 0 Å². The SMILES string of the molecule is O=C(CCl)NCC(O)(c1cccs1)C(F)(F)F. The molecule has 0 aliphatic carbocycles. The Labute approximate surface area is 104 Å². The van der Waals surface area contributed by atoms with Crippen molar-refractivity contribution in [3.8, 4) is 0 Å². The van der Waals surface area contributed by atoms with Crippen LogP contribution in [0.25, 0.3) is 0 Å². The Morgan fingerprint density at radius 1 is 1.53 bits per heavy atom. The van der Waals surface area contributed by atoms with Gasteiger partial charge < -0.3 is 10.4 Å². The molecule has 2 N–H and O–H groups in total. The van der Waals surface area contributed by atoms with Gasteiger partial charge in [0, 0.05) is 4.88 Å². The summed E-state index contributed by atoms with van der Waals surface area (Å²) >= 11 is 5.91. The monoisotopic (exact) mass is 287 g/mol. The van der Waals surface area contributed by atoms with Crippen molar-refractivity contribution < 1.29 is 23.1 Å².